The highest BCUT2D eigenvalue weighted by atomic mass is 16.4. The summed E-state index contributed by atoms with van der Waals surface area (Å²) in [5.41, 5.74) is 0. The number of carbonyl (C=O) groups is 2. The lowest BCUT2D eigenvalue weighted by atomic mass is 10.0. The molecule has 68 valence electrons. The molecule has 1 rings (SSSR count). The minimum Gasteiger partial charge on any atom is -0.481 e. The predicted octanol–water partition coefficient (Wildman–Crippen LogP) is -0.478. The highest BCUT2D eigenvalue weighted by Crippen LogP contribution is 2.20. The summed E-state index contributed by atoms with van der Waals surface area (Å²) in [4.78, 5) is 21.0. The molecule has 1 saturated heterocycles. The summed E-state index contributed by atoms with van der Waals surface area (Å²) in [6, 6.07) is -0.968. The molecular weight excluding hydrogens is 162 g/mol. The van der Waals surface area contributed by atoms with Crippen molar-refractivity contribution in [3.63, 3.8) is 0 Å². The number of carboxylic acid groups (broad SMARTS) is 2. The molecular formula is C7H11NO4. The van der Waals surface area contributed by atoms with Gasteiger partial charge >= 0.3 is 11.9 Å². The van der Waals surface area contributed by atoms with Crippen molar-refractivity contribution in [2.45, 2.75) is 25.4 Å². The van der Waals surface area contributed by atoms with Gasteiger partial charge in [-0.3, -0.25) is 9.59 Å². The standard InChI is InChI=1S/C7H11NO4/c1-3-4(6(9)10)2-5(8-3)7(11)12/h3-5,8H,2H2,1H3,(H,9,10)(H,11,12)/t3-,4+,5+/m0/s1. The first-order valence-electron chi connectivity index (χ1n) is 3.74. The van der Waals surface area contributed by atoms with E-state index >= 15 is 0 Å². The van der Waals surface area contributed by atoms with Gasteiger partial charge in [-0.05, 0) is 13.3 Å². The van der Waals surface area contributed by atoms with E-state index in [-0.39, 0.29) is 12.5 Å². The summed E-state index contributed by atoms with van der Waals surface area (Å²) in [6.45, 7) is 1.68. The zero-order valence-electron chi connectivity index (χ0n) is 6.65. The SMILES string of the molecule is C[C@@H]1N[C@@H](C(=O)O)C[C@H]1C(=O)O. The maximum Gasteiger partial charge on any atom is 0.320 e. The highest BCUT2D eigenvalue weighted by molar-refractivity contribution is 5.78. The van der Waals surface area contributed by atoms with Gasteiger partial charge in [-0.25, -0.2) is 0 Å². The Hall–Kier alpha value is -1.10. The van der Waals surface area contributed by atoms with Crippen LogP contribution in [-0.4, -0.2) is 34.2 Å². The summed E-state index contributed by atoms with van der Waals surface area (Å²) < 4.78 is 0. The van der Waals surface area contributed by atoms with Crippen LogP contribution in [0.25, 0.3) is 0 Å². The molecule has 0 aromatic rings. The largest absolute Gasteiger partial charge is 0.481 e. The van der Waals surface area contributed by atoms with E-state index in [9.17, 15) is 9.59 Å². The molecule has 1 aliphatic rings. The Morgan fingerprint density at radius 2 is 1.92 bits per heavy atom. The molecule has 1 aliphatic heterocycles. The van der Waals surface area contributed by atoms with E-state index in [1.165, 1.54) is 0 Å². The Morgan fingerprint density at radius 1 is 1.33 bits per heavy atom. The number of hydrogen-bond donors (Lipinski definition) is 3. The lowest BCUT2D eigenvalue weighted by molar-refractivity contribution is -0.142. The molecule has 1 fully saturated rings. The van der Waals surface area contributed by atoms with E-state index in [1.807, 2.05) is 0 Å². The third kappa shape index (κ3) is 1.55. The fourth-order valence-electron chi connectivity index (χ4n) is 1.45. The quantitative estimate of drug-likeness (QED) is 0.525. The van der Waals surface area contributed by atoms with Crippen LogP contribution in [0.4, 0.5) is 0 Å². The maximum absolute atomic E-state index is 10.5. The first-order valence-corrected chi connectivity index (χ1v) is 3.74. The van der Waals surface area contributed by atoms with Crippen molar-refractivity contribution < 1.29 is 19.8 Å². The van der Waals surface area contributed by atoms with Crippen LogP contribution in [0.5, 0.6) is 0 Å². The van der Waals surface area contributed by atoms with Crippen LogP contribution in [0.2, 0.25) is 0 Å². The van der Waals surface area contributed by atoms with Crippen LogP contribution < -0.4 is 5.32 Å². The Morgan fingerprint density at radius 3 is 2.17 bits per heavy atom. The molecule has 0 spiro atoms. The fourth-order valence-corrected chi connectivity index (χ4v) is 1.45. The van der Waals surface area contributed by atoms with Crippen LogP contribution in [0.15, 0.2) is 0 Å². The first kappa shape index (κ1) is 8.99. The van der Waals surface area contributed by atoms with Crippen molar-refractivity contribution in [3.8, 4) is 0 Å². The van der Waals surface area contributed by atoms with Crippen molar-refractivity contribution in [1.29, 1.82) is 0 Å². The van der Waals surface area contributed by atoms with Gasteiger partial charge < -0.3 is 15.5 Å². The number of rotatable bonds is 2. The summed E-state index contributed by atoms with van der Waals surface area (Å²) in [5.74, 6) is -2.49. The Labute approximate surface area is 69.4 Å². The van der Waals surface area contributed by atoms with Gasteiger partial charge in [0.05, 0.1) is 5.92 Å². The van der Waals surface area contributed by atoms with Crippen molar-refractivity contribution in [2.75, 3.05) is 0 Å². The molecule has 0 aliphatic carbocycles. The Kier molecular flexibility index (Phi) is 2.32. The monoisotopic (exact) mass is 173 g/mol. The van der Waals surface area contributed by atoms with Crippen molar-refractivity contribution >= 4 is 11.9 Å². The molecule has 1 heterocycles. The number of hydrogen-bond acceptors (Lipinski definition) is 3. The van der Waals surface area contributed by atoms with Gasteiger partial charge in [0.25, 0.3) is 0 Å². The normalized spacial score (nSPS) is 34.9. The van der Waals surface area contributed by atoms with E-state index in [4.69, 9.17) is 10.2 Å². The van der Waals surface area contributed by atoms with Gasteiger partial charge in [-0.1, -0.05) is 0 Å². The molecule has 0 radical (unpaired) electrons. The van der Waals surface area contributed by atoms with Gasteiger partial charge in [0.2, 0.25) is 0 Å². The van der Waals surface area contributed by atoms with E-state index in [1.54, 1.807) is 6.92 Å². The minimum atomic E-state index is -0.981. The van der Waals surface area contributed by atoms with Crippen molar-refractivity contribution in [3.05, 3.63) is 0 Å². The van der Waals surface area contributed by atoms with Crippen LogP contribution in [-0.2, 0) is 9.59 Å². The third-order valence-corrected chi connectivity index (χ3v) is 2.17. The van der Waals surface area contributed by atoms with Gasteiger partial charge in [0.15, 0.2) is 0 Å². The van der Waals surface area contributed by atoms with E-state index in [2.05, 4.69) is 5.32 Å². The van der Waals surface area contributed by atoms with Gasteiger partial charge in [0, 0.05) is 6.04 Å². The molecule has 0 aromatic carbocycles. The Balaban J connectivity index is 2.62. The van der Waals surface area contributed by atoms with Crippen LogP contribution in [0, 0.1) is 5.92 Å². The average Bonchev–Trinajstić information content (AvgIpc) is 2.30. The lowest BCUT2D eigenvalue weighted by Crippen LogP contribution is -2.35. The second-order valence-corrected chi connectivity index (χ2v) is 3.03. The minimum absolute atomic E-state index is 0.172. The molecule has 0 amide bonds. The van der Waals surface area contributed by atoms with Crippen molar-refractivity contribution in [2.24, 2.45) is 5.92 Å². The molecule has 0 saturated carbocycles. The summed E-state index contributed by atoms with van der Waals surface area (Å²) >= 11 is 0. The van der Waals surface area contributed by atoms with E-state index < -0.39 is 23.9 Å². The molecule has 0 unspecified atom stereocenters. The molecule has 5 heteroatoms. The van der Waals surface area contributed by atoms with Gasteiger partial charge in [0.1, 0.15) is 6.04 Å². The number of nitrogens with one attached hydrogen (secondary N) is 1. The predicted molar refractivity (Wildman–Crippen MR) is 39.8 cm³/mol. The highest BCUT2D eigenvalue weighted by Gasteiger charge is 2.38. The third-order valence-electron chi connectivity index (χ3n) is 2.17. The van der Waals surface area contributed by atoms with Crippen LogP contribution in [0.3, 0.4) is 0 Å². The van der Waals surface area contributed by atoms with Crippen LogP contribution >= 0.6 is 0 Å². The second kappa shape index (κ2) is 3.10. The second-order valence-electron chi connectivity index (χ2n) is 3.03. The van der Waals surface area contributed by atoms with E-state index in [0.717, 1.165) is 0 Å². The molecule has 0 aromatic heterocycles. The zero-order chi connectivity index (χ0) is 9.30. The summed E-state index contributed by atoms with van der Waals surface area (Å²) in [7, 11) is 0. The number of carboxylic acids is 2. The molecule has 3 N–H and O–H groups in total. The first-order chi connectivity index (χ1) is 5.52. The molecule has 0 bridgehead atoms. The Bertz CT molecular complexity index is 215. The average molecular weight is 173 g/mol. The maximum atomic E-state index is 10.5. The summed E-state index contributed by atoms with van der Waals surface area (Å²) in [5, 5.41) is 19.9. The summed E-state index contributed by atoms with van der Waals surface area (Å²) in [6.07, 6.45) is 0.172. The topological polar surface area (TPSA) is 86.6 Å². The molecule has 3 atom stereocenters. The number of aliphatic carboxylic acids is 2. The van der Waals surface area contributed by atoms with Crippen LogP contribution in [0.1, 0.15) is 13.3 Å². The lowest BCUT2D eigenvalue weighted by Gasteiger charge is -2.07. The zero-order valence-corrected chi connectivity index (χ0v) is 6.65. The fraction of sp³-hybridized carbons (Fsp3) is 0.714. The molecule has 12 heavy (non-hydrogen) atoms. The van der Waals surface area contributed by atoms with Gasteiger partial charge in [-0.2, -0.15) is 0 Å². The van der Waals surface area contributed by atoms with E-state index in [0.29, 0.717) is 0 Å². The van der Waals surface area contributed by atoms with Gasteiger partial charge in [-0.15, -0.1) is 0 Å². The van der Waals surface area contributed by atoms with Crippen molar-refractivity contribution in [1.82, 2.24) is 5.32 Å². The smallest absolute Gasteiger partial charge is 0.320 e. The molecule has 5 nitrogen and oxygen atoms in total.